The largest absolute Gasteiger partial charge is 0.393 e. The van der Waals surface area contributed by atoms with Gasteiger partial charge in [0.2, 0.25) is 5.91 Å². The summed E-state index contributed by atoms with van der Waals surface area (Å²) in [4.78, 5) is 14.3. The van der Waals surface area contributed by atoms with Crippen LogP contribution in [0.2, 0.25) is 0 Å². The molecule has 2 fully saturated rings. The third kappa shape index (κ3) is 3.05. The Kier molecular flexibility index (Phi) is 4.66. The van der Waals surface area contributed by atoms with Crippen molar-refractivity contribution < 1.29 is 9.90 Å². The van der Waals surface area contributed by atoms with Gasteiger partial charge in [0.1, 0.15) is 0 Å². The van der Waals surface area contributed by atoms with Crippen LogP contribution in [0.1, 0.15) is 58.8 Å². The van der Waals surface area contributed by atoms with Gasteiger partial charge in [-0.15, -0.1) is 0 Å². The Balaban J connectivity index is 2.00. The molecule has 3 heteroatoms. The number of carbonyl (C=O) groups excluding carboxylic acids is 1. The summed E-state index contributed by atoms with van der Waals surface area (Å²) in [7, 11) is 0. The molecule has 1 N–H and O–H groups in total. The smallest absolute Gasteiger partial charge is 0.223 e. The van der Waals surface area contributed by atoms with Gasteiger partial charge >= 0.3 is 0 Å². The number of nitrogens with zero attached hydrogens (tertiary/aromatic N) is 1. The molecule has 0 spiro atoms. The normalized spacial score (nSPS) is 33.1. The highest BCUT2D eigenvalue weighted by Crippen LogP contribution is 2.35. The first kappa shape index (κ1) is 13.9. The maximum absolute atomic E-state index is 12.3. The topological polar surface area (TPSA) is 40.5 Å². The Hall–Kier alpha value is -0.570. The lowest BCUT2D eigenvalue weighted by atomic mass is 9.80. The molecule has 1 amide bonds. The van der Waals surface area contributed by atoms with Crippen LogP contribution in [0.25, 0.3) is 0 Å². The Bertz CT molecular complexity index is 290. The highest BCUT2D eigenvalue weighted by Gasteiger charge is 2.38. The number of aliphatic hydroxyl groups is 1. The molecule has 3 unspecified atom stereocenters. The summed E-state index contributed by atoms with van der Waals surface area (Å²) in [5, 5.41) is 10.2. The molecular formula is C15H27NO2. The van der Waals surface area contributed by atoms with E-state index in [0.717, 1.165) is 38.6 Å². The Morgan fingerprint density at radius 2 is 1.94 bits per heavy atom. The second-order valence-electron chi connectivity index (χ2n) is 6.41. The van der Waals surface area contributed by atoms with Crippen molar-refractivity contribution in [3.8, 4) is 0 Å². The Morgan fingerprint density at radius 1 is 1.22 bits per heavy atom. The van der Waals surface area contributed by atoms with Crippen molar-refractivity contribution in [2.24, 2.45) is 11.8 Å². The second-order valence-corrected chi connectivity index (χ2v) is 6.41. The molecule has 0 aromatic rings. The van der Waals surface area contributed by atoms with Crippen molar-refractivity contribution >= 4 is 5.91 Å². The molecule has 2 aliphatic rings. The summed E-state index contributed by atoms with van der Waals surface area (Å²) in [5.74, 6) is 1.05. The van der Waals surface area contributed by atoms with E-state index in [1.807, 2.05) is 0 Å². The summed E-state index contributed by atoms with van der Waals surface area (Å²) in [6.07, 6.45) is 7.04. The first-order valence-electron chi connectivity index (χ1n) is 7.57. The fourth-order valence-corrected chi connectivity index (χ4v) is 3.60. The number of aliphatic hydroxyl groups excluding tert-OH is 1. The zero-order valence-electron chi connectivity index (χ0n) is 11.8. The van der Waals surface area contributed by atoms with E-state index < -0.39 is 0 Å². The zero-order valence-corrected chi connectivity index (χ0v) is 11.8. The highest BCUT2D eigenvalue weighted by atomic mass is 16.3. The van der Waals surface area contributed by atoms with E-state index in [0.29, 0.717) is 30.2 Å². The SMILES string of the molecule is CC(C)CC(=O)N1CCCC1C1CCCCC1O. The molecular weight excluding hydrogens is 226 g/mol. The van der Waals surface area contributed by atoms with E-state index in [-0.39, 0.29) is 6.10 Å². The molecule has 2 rings (SSSR count). The van der Waals surface area contributed by atoms with Crippen LogP contribution < -0.4 is 0 Å². The first-order chi connectivity index (χ1) is 8.59. The van der Waals surface area contributed by atoms with Gasteiger partial charge in [-0.1, -0.05) is 26.7 Å². The molecule has 0 radical (unpaired) electrons. The van der Waals surface area contributed by atoms with E-state index in [1.54, 1.807) is 0 Å². The van der Waals surface area contributed by atoms with Gasteiger partial charge in [-0.3, -0.25) is 4.79 Å². The van der Waals surface area contributed by atoms with E-state index in [9.17, 15) is 9.90 Å². The summed E-state index contributed by atoms with van der Waals surface area (Å²) in [6.45, 7) is 5.09. The van der Waals surface area contributed by atoms with E-state index >= 15 is 0 Å². The average Bonchev–Trinajstić information content (AvgIpc) is 2.77. The lowest BCUT2D eigenvalue weighted by molar-refractivity contribution is -0.135. The summed E-state index contributed by atoms with van der Waals surface area (Å²) in [6, 6.07) is 0.312. The van der Waals surface area contributed by atoms with Crippen LogP contribution in [-0.4, -0.2) is 34.6 Å². The fraction of sp³-hybridized carbons (Fsp3) is 0.933. The van der Waals surface area contributed by atoms with Gasteiger partial charge in [-0.05, 0) is 31.6 Å². The van der Waals surface area contributed by atoms with Gasteiger partial charge < -0.3 is 10.0 Å². The molecule has 0 aromatic carbocycles. The number of rotatable bonds is 3. The highest BCUT2D eigenvalue weighted by molar-refractivity contribution is 5.77. The van der Waals surface area contributed by atoms with Crippen molar-refractivity contribution in [3.05, 3.63) is 0 Å². The minimum Gasteiger partial charge on any atom is -0.393 e. The molecule has 1 aliphatic heterocycles. The van der Waals surface area contributed by atoms with Crippen molar-refractivity contribution in [2.45, 2.75) is 70.9 Å². The predicted molar refractivity (Wildman–Crippen MR) is 72.2 cm³/mol. The second kappa shape index (κ2) is 6.05. The van der Waals surface area contributed by atoms with Crippen LogP contribution in [0.15, 0.2) is 0 Å². The number of hydrogen-bond donors (Lipinski definition) is 1. The minimum atomic E-state index is -0.184. The van der Waals surface area contributed by atoms with Gasteiger partial charge in [-0.2, -0.15) is 0 Å². The molecule has 104 valence electrons. The molecule has 18 heavy (non-hydrogen) atoms. The van der Waals surface area contributed by atoms with Crippen molar-refractivity contribution in [1.29, 1.82) is 0 Å². The lowest BCUT2D eigenvalue weighted by Crippen LogP contribution is -2.45. The summed E-state index contributed by atoms with van der Waals surface area (Å²) < 4.78 is 0. The van der Waals surface area contributed by atoms with Crippen LogP contribution in [0.5, 0.6) is 0 Å². The van der Waals surface area contributed by atoms with Crippen LogP contribution in [0.4, 0.5) is 0 Å². The number of carbonyl (C=O) groups is 1. The van der Waals surface area contributed by atoms with Gasteiger partial charge in [0, 0.05) is 24.9 Å². The Labute approximate surface area is 111 Å². The van der Waals surface area contributed by atoms with Gasteiger partial charge in [0.25, 0.3) is 0 Å². The number of likely N-dealkylation sites (tertiary alicyclic amines) is 1. The molecule has 3 nitrogen and oxygen atoms in total. The quantitative estimate of drug-likeness (QED) is 0.840. The average molecular weight is 253 g/mol. The Morgan fingerprint density at radius 3 is 2.61 bits per heavy atom. The molecule has 3 atom stereocenters. The van der Waals surface area contributed by atoms with Gasteiger partial charge in [0.15, 0.2) is 0 Å². The zero-order chi connectivity index (χ0) is 13.1. The minimum absolute atomic E-state index is 0.184. The summed E-state index contributed by atoms with van der Waals surface area (Å²) >= 11 is 0. The van der Waals surface area contributed by atoms with E-state index in [1.165, 1.54) is 6.42 Å². The third-order valence-electron chi connectivity index (χ3n) is 4.48. The summed E-state index contributed by atoms with van der Waals surface area (Å²) in [5.41, 5.74) is 0. The standard InChI is InChI=1S/C15H27NO2/c1-11(2)10-15(18)16-9-5-7-13(16)12-6-3-4-8-14(12)17/h11-14,17H,3-10H2,1-2H3. The van der Waals surface area contributed by atoms with Gasteiger partial charge in [-0.25, -0.2) is 0 Å². The maximum atomic E-state index is 12.3. The lowest BCUT2D eigenvalue weighted by Gasteiger charge is -2.37. The molecule has 1 heterocycles. The molecule has 1 saturated heterocycles. The van der Waals surface area contributed by atoms with Crippen LogP contribution in [0.3, 0.4) is 0 Å². The van der Waals surface area contributed by atoms with Crippen LogP contribution >= 0.6 is 0 Å². The monoisotopic (exact) mass is 253 g/mol. The number of amides is 1. The first-order valence-corrected chi connectivity index (χ1v) is 7.57. The molecule has 1 aliphatic carbocycles. The number of hydrogen-bond acceptors (Lipinski definition) is 2. The van der Waals surface area contributed by atoms with Crippen LogP contribution in [0, 0.1) is 11.8 Å². The predicted octanol–water partition coefficient (Wildman–Crippen LogP) is 2.57. The van der Waals surface area contributed by atoms with E-state index in [4.69, 9.17) is 0 Å². The third-order valence-corrected chi connectivity index (χ3v) is 4.48. The van der Waals surface area contributed by atoms with Crippen molar-refractivity contribution in [2.75, 3.05) is 6.54 Å². The molecule has 1 saturated carbocycles. The fourth-order valence-electron chi connectivity index (χ4n) is 3.60. The molecule has 0 aromatic heterocycles. The van der Waals surface area contributed by atoms with Crippen molar-refractivity contribution in [1.82, 2.24) is 4.90 Å². The maximum Gasteiger partial charge on any atom is 0.223 e. The molecule has 0 bridgehead atoms. The van der Waals surface area contributed by atoms with E-state index in [2.05, 4.69) is 18.7 Å². The van der Waals surface area contributed by atoms with Crippen molar-refractivity contribution in [3.63, 3.8) is 0 Å². The van der Waals surface area contributed by atoms with Gasteiger partial charge in [0.05, 0.1) is 6.10 Å². The van der Waals surface area contributed by atoms with Crippen LogP contribution in [-0.2, 0) is 4.79 Å².